The molecule has 0 heterocycles. The van der Waals surface area contributed by atoms with Crippen molar-refractivity contribution in [1.29, 1.82) is 0 Å². The molecule has 0 spiro atoms. The van der Waals surface area contributed by atoms with E-state index in [1.54, 1.807) is 6.26 Å². The Balaban J connectivity index is 2.41. The summed E-state index contributed by atoms with van der Waals surface area (Å²) >= 11 is 0. The standard InChI is InChI=1S/C29H45NO3S/c1-11-29(12-2,24-14-13-23(20(3)17-24)19-30-34(10)32)25-15-16-26(21(4)18-25)33-22(5)28(9,31)27(6,7)8/h13-18,22,30-31H,11-12,19H2,1-10H3. The molecule has 0 radical (unpaired) electrons. The van der Waals surface area contributed by atoms with Crippen LogP contribution in [0.2, 0.25) is 0 Å². The van der Waals surface area contributed by atoms with Gasteiger partial charge in [0.1, 0.15) is 17.5 Å². The van der Waals surface area contributed by atoms with Crippen molar-refractivity contribution in [2.75, 3.05) is 6.26 Å². The molecule has 0 saturated carbocycles. The molecule has 2 aromatic carbocycles. The van der Waals surface area contributed by atoms with E-state index in [0.29, 0.717) is 6.54 Å². The Morgan fingerprint density at radius 1 is 0.971 bits per heavy atom. The summed E-state index contributed by atoms with van der Waals surface area (Å²) in [7, 11) is -1.03. The topological polar surface area (TPSA) is 58.6 Å². The first-order chi connectivity index (χ1) is 15.7. The van der Waals surface area contributed by atoms with Gasteiger partial charge in [-0.25, -0.2) is 8.93 Å². The fourth-order valence-electron chi connectivity index (χ4n) is 4.60. The van der Waals surface area contributed by atoms with Gasteiger partial charge in [-0.15, -0.1) is 0 Å². The van der Waals surface area contributed by atoms with Gasteiger partial charge in [0.2, 0.25) is 0 Å². The first-order valence-electron chi connectivity index (χ1n) is 12.4. The van der Waals surface area contributed by atoms with Crippen molar-refractivity contribution in [3.63, 3.8) is 0 Å². The molecule has 0 aliphatic carbocycles. The Morgan fingerprint density at radius 3 is 1.94 bits per heavy atom. The van der Waals surface area contributed by atoms with Crippen LogP contribution >= 0.6 is 0 Å². The zero-order chi connectivity index (χ0) is 25.9. The molecule has 0 bridgehead atoms. The third-order valence-corrected chi connectivity index (χ3v) is 8.46. The molecule has 2 rings (SSSR count). The molecule has 0 fully saturated rings. The van der Waals surface area contributed by atoms with Gasteiger partial charge in [0.25, 0.3) is 0 Å². The third-order valence-electron chi connectivity index (χ3n) is 7.91. The quantitative estimate of drug-likeness (QED) is 0.410. The molecule has 0 saturated heterocycles. The Morgan fingerprint density at radius 2 is 1.50 bits per heavy atom. The van der Waals surface area contributed by atoms with Gasteiger partial charge in [-0.05, 0) is 79.8 Å². The van der Waals surface area contributed by atoms with Crippen LogP contribution in [0.25, 0.3) is 0 Å². The van der Waals surface area contributed by atoms with E-state index < -0.39 is 16.6 Å². The number of rotatable bonds is 10. The molecule has 0 amide bonds. The van der Waals surface area contributed by atoms with Gasteiger partial charge in [0.15, 0.2) is 0 Å². The first kappa shape index (κ1) is 28.5. The number of benzene rings is 2. The highest BCUT2D eigenvalue weighted by Gasteiger charge is 2.42. The second-order valence-electron chi connectivity index (χ2n) is 10.8. The van der Waals surface area contributed by atoms with E-state index >= 15 is 0 Å². The van der Waals surface area contributed by atoms with Crippen LogP contribution in [0.3, 0.4) is 0 Å². The molecule has 0 aromatic heterocycles. The predicted octanol–water partition coefficient (Wildman–Crippen LogP) is 6.36. The highest BCUT2D eigenvalue weighted by Crippen LogP contribution is 2.41. The molecular weight excluding hydrogens is 442 g/mol. The Hall–Kier alpha value is -1.69. The van der Waals surface area contributed by atoms with Gasteiger partial charge in [-0.2, -0.15) is 0 Å². The molecule has 4 nitrogen and oxygen atoms in total. The Bertz CT molecular complexity index is 1000. The van der Waals surface area contributed by atoms with Crippen LogP contribution < -0.4 is 9.46 Å². The van der Waals surface area contributed by atoms with E-state index in [1.807, 2.05) is 34.6 Å². The monoisotopic (exact) mass is 487 g/mol. The summed E-state index contributed by atoms with van der Waals surface area (Å²) in [6, 6.07) is 13.1. The lowest BCUT2D eigenvalue weighted by Crippen LogP contribution is -2.51. The summed E-state index contributed by atoms with van der Waals surface area (Å²) in [5.41, 5.74) is 4.65. The zero-order valence-electron chi connectivity index (χ0n) is 22.8. The van der Waals surface area contributed by atoms with Gasteiger partial charge >= 0.3 is 0 Å². The van der Waals surface area contributed by atoms with Crippen LogP contribution in [0, 0.1) is 19.3 Å². The summed E-state index contributed by atoms with van der Waals surface area (Å²) in [5.74, 6) is 0.812. The van der Waals surface area contributed by atoms with E-state index in [-0.39, 0.29) is 16.9 Å². The summed E-state index contributed by atoms with van der Waals surface area (Å²) in [5, 5.41) is 11.1. The highest BCUT2D eigenvalue weighted by molar-refractivity contribution is 7.82. The van der Waals surface area contributed by atoms with Gasteiger partial charge in [0, 0.05) is 18.2 Å². The van der Waals surface area contributed by atoms with E-state index in [9.17, 15) is 9.32 Å². The maximum absolute atomic E-state index is 11.4. The molecule has 3 unspecified atom stereocenters. The zero-order valence-corrected chi connectivity index (χ0v) is 23.7. The molecule has 5 heteroatoms. The van der Waals surface area contributed by atoms with E-state index in [0.717, 1.165) is 24.2 Å². The number of nitrogens with one attached hydrogen (secondary N) is 1. The lowest BCUT2D eigenvalue weighted by molar-refractivity contribution is -0.112. The van der Waals surface area contributed by atoms with Crippen molar-refractivity contribution in [3.8, 4) is 5.75 Å². The van der Waals surface area contributed by atoms with Gasteiger partial charge in [-0.1, -0.05) is 65.0 Å². The van der Waals surface area contributed by atoms with Crippen LogP contribution in [0.15, 0.2) is 36.4 Å². The molecule has 2 aromatic rings. The minimum absolute atomic E-state index is 0.101. The summed E-state index contributed by atoms with van der Waals surface area (Å²) in [4.78, 5) is 0. The van der Waals surface area contributed by atoms with Crippen molar-refractivity contribution >= 4 is 11.0 Å². The number of hydrogen-bond donors (Lipinski definition) is 2. The maximum Gasteiger partial charge on any atom is 0.125 e. The predicted molar refractivity (Wildman–Crippen MR) is 145 cm³/mol. The molecular formula is C29H45NO3S. The summed E-state index contributed by atoms with van der Waals surface area (Å²) in [6.45, 7) is 19.2. The van der Waals surface area contributed by atoms with Crippen molar-refractivity contribution in [2.45, 2.75) is 98.8 Å². The largest absolute Gasteiger partial charge is 0.487 e. The Kier molecular flexibility index (Phi) is 9.17. The second kappa shape index (κ2) is 10.9. The molecule has 2 N–H and O–H groups in total. The molecule has 0 aliphatic rings. The van der Waals surface area contributed by atoms with Crippen molar-refractivity contribution in [1.82, 2.24) is 4.72 Å². The number of hydrogen-bond acceptors (Lipinski definition) is 3. The SMILES string of the molecule is CCC(CC)(c1ccc(CNS(C)=O)c(C)c1)c1ccc(OC(C)C(C)(O)C(C)(C)C)c(C)c1. The van der Waals surface area contributed by atoms with Crippen LogP contribution in [-0.4, -0.2) is 27.3 Å². The molecule has 0 aliphatic heterocycles. The van der Waals surface area contributed by atoms with Gasteiger partial charge in [-0.3, -0.25) is 0 Å². The minimum Gasteiger partial charge on any atom is -0.487 e. The Labute approximate surface area is 210 Å². The maximum atomic E-state index is 11.4. The van der Waals surface area contributed by atoms with Crippen molar-refractivity contribution < 1.29 is 14.1 Å². The van der Waals surface area contributed by atoms with Crippen LogP contribution in [-0.2, 0) is 22.9 Å². The summed E-state index contributed by atoms with van der Waals surface area (Å²) < 4.78 is 20.7. The first-order valence-corrected chi connectivity index (χ1v) is 13.9. The molecule has 190 valence electrons. The third kappa shape index (κ3) is 5.92. The van der Waals surface area contributed by atoms with Crippen LogP contribution in [0.4, 0.5) is 0 Å². The number of aliphatic hydroxyl groups is 1. The lowest BCUT2D eigenvalue weighted by atomic mass is 9.70. The smallest absolute Gasteiger partial charge is 0.125 e. The fraction of sp³-hybridized carbons (Fsp3) is 0.586. The van der Waals surface area contributed by atoms with E-state index in [4.69, 9.17) is 4.74 Å². The van der Waals surface area contributed by atoms with Crippen LogP contribution in [0.1, 0.15) is 89.1 Å². The number of ether oxygens (including phenoxy) is 1. The van der Waals surface area contributed by atoms with E-state index in [2.05, 4.69) is 68.8 Å². The van der Waals surface area contributed by atoms with Gasteiger partial charge in [0.05, 0.1) is 11.0 Å². The van der Waals surface area contributed by atoms with Gasteiger partial charge < -0.3 is 9.84 Å². The highest BCUT2D eigenvalue weighted by atomic mass is 32.2. The normalized spacial score (nSPS) is 16.1. The minimum atomic E-state index is -1.03. The average Bonchev–Trinajstić information content (AvgIpc) is 2.75. The fourth-order valence-corrected chi connectivity index (χ4v) is 4.96. The lowest BCUT2D eigenvalue weighted by Gasteiger charge is -2.41. The van der Waals surface area contributed by atoms with E-state index in [1.165, 1.54) is 22.3 Å². The molecule has 3 atom stereocenters. The van der Waals surface area contributed by atoms with Crippen LogP contribution in [0.5, 0.6) is 5.75 Å². The van der Waals surface area contributed by atoms with Crippen molar-refractivity contribution in [2.24, 2.45) is 5.41 Å². The second-order valence-corrected chi connectivity index (χ2v) is 12.0. The summed E-state index contributed by atoms with van der Waals surface area (Å²) in [6.07, 6.45) is 3.27. The number of aryl methyl sites for hydroxylation is 2. The van der Waals surface area contributed by atoms with Crippen molar-refractivity contribution in [3.05, 3.63) is 64.2 Å². The molecule has 34 heavy (non-hydrogen) atoms. The average molecular weight is 488 g/mol.